The van der Waals surface area contributed by atoms with Crippen LogP contribution >= 0.6 is 15.9 Å². The van der Waals surface area contributed by atoms with Crippen molar-refractivity contribution in [3.05, 3.63) is 24.3 Å². The highest BCUT2D eigenvalue weighted by molar-refractivity contribution is 9.09. The van der Waals surface area contributed by atoms with Crippen molar-refractivity contribution < 1.29 is 0 Å². The first-order valence-electron chi connectivity index (χ1n) is 5.39. The average molecular weight is 270 g/mol. The lowest BCUT2D eigenvalue weighted by Crippen LogP contribution is -2.41. The van der Waals surface area contributed by atoms with Crippen LogP contribution in [0.3, 0.4) is 0 Å². The second kappa shape index (κ2) is 5.03. The first-order chi connectivity index (χ1) is 7.25. The van der Waals surface area contributed by atoms with E-state index in [0.29, 0.717) is 10.9 Å². The molecule has 0 radical (unpaired) electrons. The van der Waals surface area contributed by atoms with Gasteiger partial charge in [0.1, 0.15) is 5.82 Å². The summed E-state index contributed by atoms with van der Waals surface area (Å²) in [4.78, 5) is 11.6. The minimum absolute atomic E-state index is 0.623. The molecule has 1 aromatic rings. The lowest BCUT2D eigenvalue weighted by Gasteiger charge is -2.35. The molecule has 1 aliphatic heterocycles. The molecule has 1 aromatic heterocycles. The van der Waals surface area contributed by atoms with E-state index in [4.69, 9.17) is 0 Å². The van der Waals surface area contributed by atoms with Crippen molar-refractivity contribution in [1.82, 2.24) is 14.9 Å². The number of alkyl halides is 1. The maximum absolute atomic E-state index is 4.26. The molecule has 15 heavy (non-hydrogen) atoms. The van der Waals surface area contributed by atoms with E-state index in [1.807, 2.05) is 18.5 Å². The maximum Gasteiger partial charge on any atom is 0.142 e. The number of likely N-dealkylation sites (tertiary alicyclic amines) is 1. The molecule has 0 aliphatic carbocycles. The molecule has 0 bridgehead atoms. The van der Waals surface area contributed by atoms with Gasteiger partial charge in [0.15, 0.2) is 0 Å². The van der Waals surface area contributed by atoms with Gasteiger partial charge in [0.25, 0.3) is 0 Å². The highest BCUT2D eigenvalue weighted by Gasteiger charge is 2.24. The number of piperidine rings is 1. The number of rotatable bonds is 2. The molecule has 82 valence electrons. The number of aromatic nitrogens is 2. The molecule has 2 rings (SSSR count). The third-order valence-electron chi connectivity index (χ3n) is 2.92. The Bertz CT molecular complexity index is 304. The van der Waals surface area contributed by atoms with Gasteiger partial charge in [-0.25, -0.2) is 9.97 Å². The highest BCUT2D eigenvalue weighted by Crippen LogP contribution is 2.22. The Morgan fingerprint density at radius 2 is 2.13 bits per heavy atom. The van der Waals surface area contributed by atoms with E-state index in [1.54, 1.807) is 0 Å². The van der Waals surface area contributed by atoms with E-state index < -0.39 is 0 Å². The summed E-state index contributed by atoms with van der Waals surface area (Å²) in [5.74, 6) is 0.922. The van der Waals surface area contributed by atoms with Gasteiger partial charge in [0.05, 0.1) is 6.54 Å². The van der Waals surface area contributed by atoms with Crippen LogP contribution in [0, 0.1) is 0 Å². The normalized spacial score (nSPS) is 27.9. The molecular weight excluding hydrogens is 254 g/mol. The Kier molecular flexibility index (Phi) is 3.70. The van der Waals surface area contributed by atoms with Gasteiger partial charge in [-0.1, -0.05) is 15.9 Å². The summed E-state index contributed by atoms with van der Waals surface area (Å²) in [6, 6.07) is 2.50. The summed E-state index contributed by atoms with van der Waals surface area (Å²) in [6.07, 6.45) is 6.14. The van der Waals surface area contributed by atoms with Crippen LogP contribution in [0.1, 0.15) is 25.6 Å². The summed E-state index contributed by atoms with van der Waals surface area (Å²) in [5.41, 5.74) is 0. The van der Waals surface area contributed by atoms with Gasteiger partial charge >= 0.3 is 0 Å². The Labute approximate surface area is 99.0 Å². The quantitative estimate of drug-likeness (QED) is 0.772. The molecule has 2 heterocycles. The minimum atomic E-state index is 0.623. The van der Waals surface area contributed by atoms with E-state index in [2.05, 4.69) is 37.7 Å². The largest absolute Gasteiger partial charge is 0.292 e. The van der Waals surface area contributed by atoms with Crippen molar-refractivity contribution in [3.63, 3.8) is 0 Å². The van der Waals surface area contributed by atoms with Gasteiger partial charge in [-0.15, -0.1) is 0 Å². The standard InChI is InChI=1S/C11H16BrN3/c1-9-3-4-10(12)7-15(9)8-11-13-5-2-6-14-11/h2,5-6,9-10H,3-4,7-8H2,1H3. The molecule has 0 spiro atoms. The number of hydrogen-bond donors (Lipinski definition) is 0. The smallest absolute Gasteiger partial charge is 0.142 e. The molecule has 0 amide bonds. The number of halogens is 1. The van der Waals surface area contributed by atoms with Crippen LogP contribution in [0.4, 0.5) is 0 Å². The van der Waals surface area contributed by atoms with Gasteiger partial charge < -0.3 is 0 Å². The Morgan fingerprint density at radius 3 is 2.87 bits per heavy atom. The molecule has 4 heteroatoms. The third-order valence-corrected chi connectivity index (χ3v) is 3.66. The summed E-state index contributed by atoms with van der Waals surface area (Å²) >= 11 is 3.69. The van der Waals surface area contributed by atoms with Crippen LogP contribution in [-0.4, -0.2) is 32.3 Å². The Morgan fingerprint density at radius 1 is 1.40 bits per heavy atom. The molecule has 1 fully saturated rings. The van der Waals surface area contributed by atoms with Crippen molar-refractivity contribution in [2.45, 2.75) is 37.2 Å². The van der Waals surface area contributed by atoms with E-state index in [-0.39, 0.29) is 0 Å². The van der Waals surface area contributed by atoms with Crippen molar-refractivity contribution in [1.29, 1.82) is 0 Å². The monoisotopic (exact) mass is 269 g/mol. The fourth-order valence-electron chi connectivity index (χ4n) is 1.94. The van der Waals surface area contributed by atoms with Gasteiger partial charge in [-0.3, -0.25) is 4.90 Å². The van der Waals surface area contributed by atoms with E-state index in [0.717, 1.165) is 18.9 Å². The van der Waals surface area contributed by atoms with Crippen molar-refractivity contribution in [2.24, 2.45) is 0 Å². The van der Waals surface area contributed by atoms with Gasteiger partial charge in [0, 0.05) is 29.8 Å². The van der Waals surface area contributed by atoms with Crippen molar-refractivity contribution in [2.75, 3.05) is 6.54 Å². The molecular formula is C11H16BrN3. The molecule has 3 nitrogen and oxygen atoms in total. The SMILES string of the molecule is CC1CCC(Br)CN1Cc1ncccn1. The topological polar surface area (TPSA) is 29.0 Å². The number of nitrogens with zero attached hydrogens (tertiary/aromatic N) is 3. The molecule has 2 atom stereocenters. The van der Waals surface area contributed by atoms with E-state index >= 15 is 0 Å². The summed E-state index contributed by atoms with van der Waals surface area (Å²) < 4.78 is 0. The fourth-order valence-corrected chi connectivity index (χ4v) is 2.58. The van der Waals surface area contributed by atoms with Gasteiger partial charge in [-0.05, 0) is 25.8 Å². The molecule has 1 saturated heterocycles. The van der Waals surface area contributed by atoms with E-state index in [9.17, 15) is 0 Å². The van der Waals surface area contributed by atoms with Crippen LogP contribution in [0.15, 0.2) is 18.5 Å². The zero-order chi connectivity index (χ0) is 10.7. The minimum Gasteiger partial charge on any atom is -0.292 e. The van der Waals surface area contributed by atoms with Crippen molar-refractivity contribution in [3.8, 4) is 0 Å². The molecule has 2 unspecified atom stereocenters. The van der Waals surface area contributed by atoms with Crippen LogP contribution < -0.4 is 0 Å². The summed E-state index contributed by atoms with van der Waals surface area (Å²) in [6.45, 7) is 4.24. The van der Waals surface area contributed by atoms with Crippen LogP contribution in [0.5, 0.6) is 0 Å². The average Bonchev–Trinajstić information content (AvgIpc) is 2.25. The lowest BCUT2D eigenvalue weighted by atomic mass is 10.0. The zero-order valence-corrected chi connectivity index (χ0v) is 10.5. The zero-order valence-electron chi connectivity index (χ0n) is 8.93. The van der Waals surface area contributed by atoms with Gasteiger partial charge in [-0.2, -0.15) is 0 Å². The lowest BCUT2D eigenvalue weighted by molar-refractivity contribution is 0.154. The van der Waals surface area contributed by atoms with Crippen molar-refractivity contribution >= 4 is 15.9 Å². The molecule has 1 aliphatic rings. The molecule has 0 N–H and O–H groups in total. The van der Waals surface area contributed by atoms with Crippen LogP contribution in [0.2, 0.25) is 0 Å². The maximum atomic E-state index is 4.26. The molecule has 0 aromatic carbocycles. The summed E-state index contributed by atoms with van der Waals surface area (Å²) in [7, 11) is 0. The Hall–Kier alpha value is -0.480. The first-order valence-corrected chi connectivity index (χ1v) is 6.31. The van der Waals surface area contributed by atoms with Gasteiger partial charge in [0.2, 0.25) is 0 Å². The van der Waals surface area contributed by atoms with Crippen LogP contribution in [0.25, 0.3) is 0 Å². The second-order valence-corrected chi connectivity index (χ2v) is 5.41. The summed E-state index contributed by atoms with van der Waals surface area (Å²) in [5, 5.41) is 0. The molecule has 0 saturated carbocycles. The predicted octanol–water partition coefficient (Wildman–Crippen LogP) is 2.22. The highest BCUT2D eigenvalue weighted by atomic mass is 79.9. The second-order valence-electron chi connectivity index (χ2n) is 4.12. The van der Waals surface area contributed by atoms with Crippen LogP contribution in [-0.2, 0) is 6.54 Å². The van der Waals surface area contributed by atoms with E-state index in [1.165, 1.54) is 12.8 Å². The third kappa shape index (κ3) is 2.98. The predicted molar refractivity (Wildman–Crippen MR) is 63.9 cm³/mol. The fraction of sp³-hybridized carbons (Fsp3) is 0.636. The Balaban J connectivity index is 1.98. The number of hydrogen-bond acceptors (Lipinski definition) is 3. The first kappa shape index (κ1) is 11.0.